The third-order valence-electron chi connectivity index (χ3n) is 4.68. The number of aromatic nitrogens is 3. The van der Waals surface area contributed by atoms with Crippen LogP contribution >= 0.6 is 11.6 Å². The van der Waals surface area contributed by atoms with Crippen molar-refractivity contribution < 1.29 is 9.90 Å². The average molecular weight is 404 g/mol. The van der Waals surface area contributed by atoms with E-state index in [1.54, 1.807) is 6.07 Å². The Labute approximate surface area is 172 Å². The van der Waals surface area contributed by atoms with Crippen molar-refractivity contribution in [2.75, 3.05) is 0 Å². The number of aryl methyl sites for hydroxylation is 1. The molecule has 0 amide bonds. The van der Waals surface area contributed by atoms with Crippen LogP contribution in [0.5, 0.6) is 0 Å². The number of benzene rings is 2. The summed E-state index contributed by atoms with van der Waals surface area (Å²) in [5.74, 6) is -0.316. The number of carboxylic acid groups (broad SMARTS) is 1. The quantitative estimate of drug-likeness (QED) is 0.458. The van der Waals surface area contributed by atoms with Gasteiger partial charge in [0.25, 0.3) is 0 Å². The van der Waals surface area contributed by atoms with Crippen molar-refractivity contribution >= 4 is 40.9 Å². The second-order valence-corrected chi connectivity index (χ2v) is 7.09. The van der Waals surface area contributed by atoms with Crippen LogP contribution in [0.1, 0.15) is 33.0 Å². The minimum atomic E-state index is -1.06. The average Bonchev–Trinajstić information content (AvgIpc) is 3.03. The van der Waals surface area contributed by atoms with E-state index in [0.717, 1.165) is 22.5 Å². The number of imidazole rings is 1. The largest absolute Gasteiger partial charge is 0.477 e. The van der Waals surface area contributed by atoms with Crippen molar-refractivity contribution in [2.24, 2.45) is 0 Å². The van der Waals surface area contributed by atoms with E-state index < -0.39 is 5.97 Å². The van der Waals surface area contributed by atoms with Gasteiger partial charge < -0.3 is 9.67 Å². The van der Waals surface area contributed by atoms with Gasteiger partial charge in [-0.25, -0.2) is 14.8 Å². The molecule has 0 aliphatic rings. The maximum atomic E-state index is 11.3. The van der Waals surface area contributed by atoms with Crippen LogP contribution in [0.25, 0.3) is 23.3 Å². The number of hydrogen-bond acceptors (Lipinski definition) is 3. The molecule has 4 rings (SSSR count). The van der Waals surface area contributed by atoms with Gasteiger partial charge in [0, 0.05) is 5.02 Å². The summed E-state index contributed by atoms with van der Waals surface area (Å²) in [5.41, 5.74) is 4.21. The zero-order chi connectivity index (χ0) is 20.4. The zero-order valence-corrected chi connectivity index (χ0v) is 16.5. The summed E-state index contributed by atoms with van der Waals surface area (Å²) in [6.07, 6.45) is 4.06. The summed E-state index contributed by atoms with van der Waals surface area (Å²) in [6.45, 7) is 2.33. The maximum absolute atomic E-state index is 11.3. The smallest absolute Gasteiger partial charge is 0.354 e. The molecule has 0 bridgehead atoms. The number of halogens is 1. The van der Waals surface area contributed by atoms with E-state index in [-0.39, 0.29) is 5.69 Å². The van der Waals surface area contributed by atoms with Crippen molar-refractivity contribution in [2.45, 2.75) is 13.5 Å². The molecule has 0 spiro atoms. The van der Waals surface area contributed by atoms with Crippen molar-refractivity contribution in [3.8, 4) is 0 Å². The van der Waals surface area contributed by atoms with E-state index in [1.165, 1.54) is 6.07 Å². The van der Waals surface area contributed by atoms with Gasteiger partial charge in [0.2, 0.25) is 0 Å². The SMILES string of the molecule is Cc1nc2ccc(C(=O)O)nc2n1Cc1ccc(/C=C/c2ccccc2)cc1Cl. The summed E-state index contributed by atoms with van der Waals surface area (Å²) in [4.78, 5) is 20.0. The van der Waals surface area contributed by atoms with E-state index in [9.17, 15) is 9.90 Å². The Bertz CT molecular complexity index is 1230. The summed E-state index contributed by atoms with van der Waals surface area (Å²) in [6, 6.07) is 19.1. The van der Waals surface area contributed by atoms with Crippen molar-refractivity contribution in [1.82, 2.24) is 14.5 Å². The molecule has 4 aromatic rings. The second-order valence-electron chi connectivity index (χ2n) is 6.68. The van der Waals surface area contributed by atoms with Crippen LogP contribution in [0.2, 0.25) is 5.02 Å². The molecule has 6 heteroatoms. The number of rotatable bonds is 5. The van der Waals surface area contributed by atoms with E-state index in [4.69, 9.17) is 11.6 Å². The van der Waals surface area contributed by atoms with E-state index in [0.29, 0.717) is 22.7 Å². The Hall–Kier alpha value is -3.44. The normalized spacial score (nSPS) is 11.4. The molecule has 5 nitrogen and oxygen atoms in total. The van der Waals surface area contributed by atoms with Gasteiger partial charge in [0.1, 0.15) is 11.3 Å². The number of nitrogens with zero attached hydrogens (tertiary/aromatic N) is 3. The van der Waals surface area contributed by atoms with Crippen molar-refractivity contribution in [3.63, 3.8) is 0 Å². The van der Waals surface area contributed by atoms with Crippen LogP contribution in [-0.2, 0) is 6.54 Å². The monoisotopic (exact) mass is 403 g/mol. The first kappa shape index (κ1) is 18.9. The summed E-state index contributed by atoms with van der Waals surface area (Å²) in [7, 11) is 0. The predicted molar refractivity (Wildman–Crippen MR) is 115 cm³/mol. The number of carbonyl (C=O) groups is 1. The van der Waals surface area contributed by atoms with Gasteiger partial charge >= 0.3 is 5.97 Å². The molecule has 0 fully saturated rings. The van der Waals surface area contributed by atoms with Gasteiger partial charge in [-0.15, -0.1) is 0 Å². The first-order chi connectivity index (χ1) is 14.0. The Morgan fingerprint density at radius 2 is 1.79 bits per heavy atom. The van der Waals surface area contributed by atoms with Crippen LogP contribution in [0, 0.1) is 6.92 Å². The highest BCUT2D eigenvalue weighted by Gasteiger charge is 2.14. The summed E-state index contributed by atoms with van der Waals surface area (Å²) in [5, 5.41) is 9.85. The number of hydrogen-bond donors (Lipinski definition) is 1. The standard InChI is InChI=1S/C23H18ClN3O2/c1-15-25-20-11-12-21(23(28)29)26-22(20)27(15)14-18-10-9-17(13-19(18)24)8-7-16-5-3-2-4-6-16/h2-13H,14H2,1H3,(H,28,29)/b8-7+. The van der Waals surface area contributed by atoms with E-state index in [1.807, 2.05) is 72.2 Å². The van der Waals surface area contributed by atoms with Crippen LogP contribution in [-0.4, -0.2) is 25.6 Å². The van der Waals surface area contributed by atoms with E-state index in [2.05, 4.69) is 9.97 Å². The number of carboxylic acids is 1. The van der Waals surface area contributed by atoms with Gasteiger partial charge in [-0.3, -0.25) is 0 Å². The molecule has 144 valence electrons. The third-order valence-corrected chi connectivity index (χ3v) is 5.03. The highest BCUT2D eigenvalue weighted by molar-refractivity contribution is 6.31. The molecule has 2 aromatic carbocycles. The maximum Gasteiger partial charge on any atom is 0.354 e. The highest BCUT2D eigenvalue weighted by atomic mass is 35.5. The fourth-order valence-electron chi connectivity index (χ4n) is 3.15. The van der Waals surface area contributed by atoms with Crippen molar-refractivity contribution in [1.29, 1.82) is 0 Å². The molecule has 0 atom stereocenters. The summed E-state index contributed by atoms with van der Waals surface area (Å²) < 4.78 is 1.88. The van der Waals surface area contributed by atoms with Gasteiger partial charge in [0.05, 0.1) is 6.54 Å². The molecule has 29 heavy (non-hydrogen) atoms. The zero-order valence-electron chi connectivity index (χ0n) is 15.7. The molecular weight excluding hydrogens is 386 g/mol. The third kappa shape index (κ3) is 4.05. The lowest BCUT2D eigenvalue weighted by atomic mass is 10.1. The molecule has 2 aromatic heterocycles. The lowest BCUT2D eigenvalue weighted by Crippen LogP contribution is -2.06. The topological polar surface area (TPSA) is 68.0 Å². The lowest BCUT2D eigenvalue weighted by Gasteiger charge is -2.09. The molecule has 0 saturated carbocycles. The first-order valence-corrected chi connectivity index (χ1v) is 9.48. The minimum absolute atomic E-state index is 0.00820. The van der Waals surface area contributed by atoms with Crippen LogP contribution in [0.15, 0.2) is 60.7 Å². The molecule has 1 N–H and O–H groups in total. The molecule has 0 aliphatic carbocycles. The first-order valence-electron chi connectivity index (χ1n) is 9.10. The number of fused-ring (bicyclic) bond motifs is 1. The Kier molecular flexibility index (Phi) is 5.14. The number of pyridine rings is 1. The van der Waals surface area contributed by atoms with Gasteiger partial charge in [-0.1, -0.05) is 66.2 Å². The van der Waals surface area contributed by atoms with Gasteiger partial charge in [0.15, 0.2) is 11.3 Å². The fourth-order valence-corrected chi connectivity index (χ4v) is 3.39. The molecule has 0 unspecified atom stereocenters. The second kappa shape index (κ2) is 7.89. The van der Waals surface area contributed by atoms with Crippen LogP contribution in [0.4, 0.5) is 0 Å². The predicted octanol–water partition coefficient (Wildman–Crippen LogP) is 5.31. The Morgan fingerprint density at radius 3 is 2.52 bits per heavy atom. The van der Waals surface area contributed by atoms with Crippen LogP contribution in [0.3, 0.4) is 0 Å². The molecule has 0 saturated heterocycles. The Balaban J connectivity index is 1.63. The number of aromatic carboxylic acids is 1. The van der Waals surface area contributed by atoms with Gasteiger partial charge in [-0.2, -0.15) is 0 Å². The molecular formula is C23H18ClN3O2. The molecule has 2 heterocycles. The molecule has 0 radical (unpaired) electrons. The minimum Gasteiger partial charge on any atom is -0.477 e. The highest BCUT2D eigenvalue weighted by Crippen LogP contribution is 2.23. The van der Waals surface area contributed by atoms with Gasteiger partial charge in [-0.05, 0) is 41.8 Å². The lowest BCUT2D eigenvalue weighted by molar-refractivity contribution is 0.0691. The fraction of sp³-hybridized carbons (Fsp3) is 0.0870. The van der Waals surface area contributed by atoms with Crippen molar-refractivity contribution in [3.05, 3.63) is 93.9 Å². The summed E-state index contributed by atoms with van der Waals surface area (Å²) >= 11 is 6.53. The van der Waals surface area contributed by atoms with Crippen LogP contribution < -0.4 is 0 Å². The molecule has 0 aliphatic heterocycles. The van der Waals surface area contributed by atoms with E-state index >= 15 is 0 Å². The Morgan fingerprint density at radius 1 is 1.03 bits per heavy atom.